The van der Waals surface area contributed by atoms with Crippen LogP contribution in [0.3, 0.4) is 0 Å². The summed E-state index contributed by atoms with van der Waals surface area (Å²) in [6.07, 6.45) is 0.0534. The lowest BCUT2D eigenvalue weighted by atomic mass is 10.1. The van der Waals surface area contributed by atoms with Crippen LogP contribution in [-0.2, 0) is 19.1 Å². The Labute approximate surface area is 189 Å². The zero-order valence-electron chi connectivity index (χ0n) is 18.4. The Morgan fingerprint density at radius 1 is 0.688 bits per heavy atom. The second-order valence-electron chi connectivity index (χ2n) is 7.37. The monoisotopic (exact) mass is 446 g/mol. The molecule has 0 aromatic heterocycles. The maximum atomic E-state index is 13.7. The van der Waals surface area contributed by atoms with Gasteiger partial charge in [0.15, 0.2) is 5.78 Å². The molecule has 0 heterocycles. The van der Waals surface area contributed by atoms with Crippen molar-refractivity contribution in [3.8, 4) is 0 Å². The van der Waals surface area contributed by atoms with Gasteiger partial charge in [-0.15, -0.1) is 0 Å². The molecule has 0 bridgehead atoms. The minimum Gasteiger partial charge on any atom is -0.462 e. The van der Waals surface area contributed by atoms with E-state index in [1.54, 1.807) is 6.92 Å². The summed E-state index contributed by atoms with van der Waals surface area (Å²) in [7, 11) is 0. The van der Waals surface area contributed by atoms with Gasteiger partial charge in [-0.25, -0.2) is 4.79 Å². The van der Waals surface area contributed by atoms with Gasteiger partial charge in [0.05, 0.1) is 6.61 Å². The number of rotatable bonds is 9. The molecule has 0 aliphatic heterocycles. The van der Waals surface area contributed by atoms with Crippen LogP contribution in [0.4, 0.5) is 0 Å². The van der Waals surface area contributed by atoms with Gasteiger partial charge in [-0.05, 0) is 36.6 Å². The highest BCUT2D eigenvalue weighted by atomic mass is 31.2. The molecule has 3 rings (SSSR count). The van der Waals surface area contributed by atoms with Crippen LogP contribution in [0.2, 0.25) is 0 Å². The fraction of sp³-hybridized carbons (Fsp3) is 0.185. The van der Waals surface area contributed by atoms with Gasteiger partial charge in [-0.1, -0.05) is 91.0 Å². The number of esters is 1. The summed E-state index contributed by atoms with van der Waals surface area (Å²) >= 11 is 0. The van der Waals surface area contributed by atoms with Gasteiger partial charge in [0.25, 0.3) is 0 Å². The quantitative estimate of drug-likeness (QED) is 0.286. The number of Topliss-reactive ketones (excluding diaryl/α,β-unsaturated/α-hetero) is 2. The molecule has 0 atom stereocenters. The molecule has 0 unspecified atom stereocenters. The Hall–Kier alpha value is -3.23. The van der Waals surface area contributed by atoms with Gasteiger partial charge in [-0.2, -0.15) is 0 Å². The molecule has 0 amide bonds. The molecule has 0 saturated heterocycles. The third-order valence-corrected chi connectivity index (χ3v) is 9.52. The van der Waals surface area contributed by atoms with E-state index < -0.39 is 12.9 Å². The first-order valence-corrected chi connectivity index (χ1v) is 12.4. The molecule has 0 radical (unpaired) electrons. The van der Waals surface area contributed by atoms with Gasteiger partial charge in [-0.3, -0.25) is 4.79 Å². The van der Waals surface area contributed by atoms with E-state index in [1.165, 1.54) is 6.92 Å². The third kappa shape index (κ3) is 4.81. The van der Waals surface area contributed by atoms with Crippen molar-refractivity contribution in [1.82, 2.24) is 0 Å². The van der Waals surface area contributed by atoms with E-state index in [0.29, 0.717) is 0 Å². The predicted molar refractivity (Wildman–Crippen MR) is 132 cm³/mol. The van der Waals surface area contributed by atoms with Crippen molar-refractivity contribution in [1.29, 1.82) is 0 Å². The topological polar surface area (TPSA) is 60.4 Å². The van der Waals surface area contributed by atoms with E-state index in [4.69, 9.17) is 4.74 Å². The number of ether oxygens (including phenoxy) is 1. The summed E-state index contributed by atoms with van der Waals surface area (Å²) in [4.78, 5) is 38.8. The number of hydrogen-bond donors (Lipinski definition) is 0. The Morgan fingerprint density at radius 2 is 1.09 bits per heavy atom. The van der Waals surface area contributed by atoms with E-state index in [0.717, 1.165) is 15.9 Å². The van der Waals surface area contributed by atoms with Crippen molar-refractivity contribution in [2.75, 3.05) is 6.61 Å². The van der Waals surface area contributed by atoms with Crippen molar-refractivity contribution >= 4 is 45.6 Å². The molecule has 3 aromatic rings. The fourth-order valence-electron chi connectivity index (χ4n) is 3.83. The predicted octanol–water partition coefficient (Wildman–Crippen LogP) is 3.65. The summed E-state index contributed by atoms with van der Waals surface area (Å²) in [5.74, 6) is -1.06. The molecule has 5 heteroatoms. The molecule has 4 nitrogen and oxygen atoms in total. The highest BCUT2D eigenvalue weighted by Gasteiger charge is 2.37. The molecule has 0 aliphatic rings. The van der Waals surface area contributed by atoms with E-state index in [-0.39, 0.29) is 36.3 Å². The summed E-state index contributed by atoms with van der Waals surface area (Å²) in [6.45, 7) is 0.445. The van der Waals surface area contributed by atoms with E-state index in [1.807, 2.05) is 91.0 Å². The summed E-state index contributed by atoms with van der Waals surface area (Å²) in [6, 6.07) is 29.0. The molecule has 0 N–H and O–H groups in total. The van der Waals surface area contributed by atoms with Crippen LogP contribution in [0.1, 0.15) is 26.7 Å². The van der Waals surface area contributed by atoms with Crippen LogP contribution in [0.15, 0.2) is 91.0 Å². The summed E-state index contributed by atoms with van der Waals surface area (Å²) < 4.78 is 5.45. The summed E-state index contributed by atoms with van der Waals surface area (Å²) in [5.41, 5.74) is 0. The first-order chi connectivity index (χ1) is 15.5. The van der Waals surface area contributed by atoms with Crippen LogP contribution in [0, 0.1) is 0 Å². The average Bonchev–Trinajstić information content (AvgIpc) is 2.82. The largest absolute Gasteiger partial charge is 0.462 e. The smallest absolute Gasteiger partial charge is 0.342 e. The lowest BCUT2D eigenvalue weighted by Crippen LogP contribution is -2.38. The molecule has 0 spiro atoms. The van der Waals surface area contributed by atoms with Crippen LogP contribution < -0.4 is 15.9 Å². The lowest BCUT2D eigenvalue weighted by Gasteiger charge is -2.31. The van der Waals surface area contributed by atoms with Crippen molar-refractivity contribution in [2.24, 2.45) is 0 Å². The van der Waals surface area contributed by atoms with Gasteiger partial charge >= 0.3 is 5.97 Å². The maximum absolute atomic E-state index is 13.7. The zero-order chi connectivity index (χ0) is 23.0. The Balaban J connectivity index is 2.54. The maximum Gasteiger partial charge on any atom is 0.342 e. The SMILES string of the molecule is CCOC(=O)C(C(=O)CCC(C)=O)=P(c1ccccc1)(c1ccccc1)c1ccccc1. The van der Waals surface area contributed by atoms with Crippen LogP contribution in [0.25, 0.3) is 0 Å². The van der Waals surface area contributed by atoms with Crippen molar-refractivity contribution in [3.05, 3.63) is 91.0 Å². The highest BCUT2D eigenvalue weighted by Crippen LogP contribution is 2.46. The van der Waals surface area contributed by atoms with Gasteiger partial charge < -0.3 is 9.53 Å². The lowest BCUT2D eigenvalue weighted by molar-refractivity contribution is -0.135. The standard InChI is InChI=1S/C27H27O4P/c1-3-31-27(30)26(25(29)20-19-21(2)28)32(22-13-7-4-8-14-22,23-15-9-5-10-16-23)24-17-11-6-12-18-24/h4-18H,3,19-20H2,1-2H3. The molecule has 0 fully saturated rings. The third-order valence-electron chi connectivity index (χ3n) is 5.20. The van der Waals surface area contributed by atoms with Gasteiger partial charge in [0.1, 0.15) is 11.1 Å². The van der Waals surface area contributed by atoms with Crippen LogP contribution >= 0.6 is 6.89 Å². The molecule has 164 valence electrons. The second kappa shape index (κ2) is 10.9. The number of benzene rings is 3. The zero-order valence-corrected chi connectivity index (χ0v) is 19.3. The van der Waals surface area contributed by atoms with Crippen LogP contribution in [-0.4, -0.2) is 29.4 Å². The fourth-order valence-corrected chi connectivity index (χ4v) is 8.19. The van der Waals surface area contributed by atoms with Crippen molar-refractivity contribution in [2.45, 2.75) is 26.7 Å². The Morgan fingerprint density at radius 3 is 1.44 bits per heavy atom. The molecular formula is C27H27O4P. The molecule has 32 heavy (non-hydrogen) atoms. The highest BCUT2D eigenvalue weighted by molar-refractivity contribution is 7.97. The van der Waals surface area contributed by atoms with Crippen molar-refractivity contribution < 1.29 is 19.1 Å². The first kappa shape index (κ1) is 23.4. The number of carbonyl (C=O) groups excluding carboxylic acids is 3. The van der Waals surface area contributed by atoms with Gasteiger partial charge in [0.2, 0.25) is 0 Å². The Bertz CT molecular complexity index is 1030. The van der Waals surface area contributed by atoms with E-state index in [2.05, 4.69) is 0 Å². The number of hydrogen-bond acceptors (Lipinski definition) is 4. The summed E-state index contributed by atoms with van der Waals surface area (Å²) in [5, 5.41) is 2.79. The number of carbonyl (C=O) groups is 3. The average molecular weight is 446 g/mol. The van der Waals surface area contributed by atoms with E-state index in [9.17, 15) is 14.4 Å². The molecule has 0 aliphatic carbocycles. The second-order valence-corrected chi connectivity index (χ2v) is 10.7. The molecular weight excluding hydrogens is 419 g/mol. The minimum atomic E-state index is -2.88. The van der Waals surface area contributed by atoms with Crippen molar-refractivity contribution in [3.63, 3.8) is 0 Å². The molecule has 3 aromatic carbocycles. The first-order valence-electron chi connectivity index (χ1n) is 10.6. The van der Waals surface area contributed by atoms with E-state index >= 15 is 0 Å². The van der Waals surface area contributed by atoms with Crippen LogP contribution in [0.5, 0.6) is 0 Å². The number of ketones is 2. The van der Waals surface area contributed by atoms with Gasteiger partial charge in [0, 0.05) is 12.8 Å². The molecule has 0 saturated carbocycles. The normalized spacial score (nSPS) is 10.9. The minimum absolute atomic E-state index is 0.0300. The Kier molecular flexibility index (Phi) is 7.97.